The summed E-state index contributed by atoms with van der Waals surface area (Å²) >= 11 is 5.34. The number of nitrogens with zero attached hydrogens (tertiary/aromatic N) is 1. The molecule has 1 aliphatic carbocycles. The summed E-state index contributed by atoms with van der Waals surface area (Å²) in [6.07, 6.45) is 6.64. The molecule has 0 spiro atoms. The quantitative estimate of drug-likeness (QED) is 0.507. The number of oxime groups is 1. The van der Waals surface area contributed by atoms with Gasteiger partial charge in [-0.3, -0.25) is 0 Å². The molecule has 0 bridgehead atoms. The van der Waals surface area contributed by atoms with Crippen molar-refractivity contribution in [2.45, 2.75) is 32.6 Å². The van der Waals surface area contributed by atoms with Gasteiger partial charge in [0.1, 0.15) is 6.61 Å². The van der Waals surface area contributed by atoms with Crippen LogP contribution in [-0.2, 0) is 4.84 Å². The SMILES string of the molecule is CC1CCCC/C1=N\OC/C=C/Cl. The zero-order chi connectivity index (χ0) is 9.52. The molecule has 1 aliphatic rings. The van der Waals surface area contributed by atoms with Gasteiger partial charge in [-0.15, -0.1) is 0 Å². The highest BCUT2D eigenvalue weighted by molar-refractivity contribution is 6.25. The molecule has 0 aliphatic heterocycles. The molecule has 2 nitrogen and oxygen atoms in total. The molecular weight excluding hydrogens is 186 g/mol. The second-order valence-electron chi connectivity index (χ2n) is 3.39. The first kappa shape index (κ1) is 10.6. The van der Waals surface area contributed by atoms with E-state index in [0.29, 0.717) is 12.5 Å². The summed E-state index contributed by atoms with van der Waals surface area (Å²) in [6, 6.07) is 0. The fourth-order valence-corrected chi connectivity index (χ4v) is 1.58. The van der Waals surface area contributed by atoms with Crippen LogP contribution in [0.2, 0.25) is 0 Å². The Balaban J connectivity index is 2.30. The Bertz CT molecular complexity index is 201. The predicted octanol–water partition coefficient (Wildman–Crippen LogP) is 3.32. The first-order valence-corrected chi connectivity index (χ1v) is 5.22. The minimum atomic E-state index is 0.472. The van der Waals surface area contributed by atoms with E-state index in [4.69, 9.17) is 16.4 Å². The van der Waals surface area contributed by atoms with Crippen molar-refractivity contribution >= 4 is 17.3 Å². The molecule has 0 heterocycles. The lowest BCUT2D eigenvalue weighted by Gasteiger charge is -2.19. The van der Waals surface area contributed by atoms with Crippen LogP contribution < -0.4 is 0 Å². The van der Waals surface area contributed by atoms with Crippen LogP contribution in [0, 0.1) is 5.92 Å². The van der Waals surface area contributed by atoms with Gasteiger partial charge in [-0.2, -0.15) is 0 Å². The van der Waals surface area contributed by atoms with E-state index in [1.165, 1.54) is 30.5 Å². The molecule has 1 saturated carbocycles. The zero-order valence-electron chi connectivity index (χ0n) is 8.00. The van der Waals surface area contributed by atoms with Gasteiger partial charge < -0.3 is 4.84 Å². The van der Waals surface area contributed by atoms with Crippen LogP contribution in [0.25, 0.3) is 0 Å². The van der Waals surface area contributed by atoms with E-state index in [9.17, 15) is 0 Å². The van der Waals surface area contributed by atoms with Crippen molar-refractivity contribution in [1.82, 2.24) is 0 Å². The summed E-state index contributed by atoms with van der Waals surface area (Å²) in [5, 5.41) is 4.11. The van der Waals surface area contributed by atoms with Gasteiger partial charge in [-0.05, 0) is 31.3 Å². The second-order valence-corrected chi connectivity index (χ2v) is 3.64. The van der Waals surface area contributed by atoms with Crippen molar-refractivity contribution in [1.29, 1.82) is 0 Å². The van der Waals surface area contributed by atoms with Gasteiger partial charge in [-0.1, -0.05) is 30.1 Å². The van der Waals surface area contributed by atoms with Gasteiger partial charge in [0.25, 0.3) is 0 Å². The van der Waals surface area contributed by atoms with Crippen molar-refractivity contribution in [3.8, 4) is 0 Å². The maximum atomic E-state index is 5.34. The summed E-state index contributed by atoms with van der Waals surface area (Å²) in [5.74, 6) is 0.591. The number of halogens is 1. The lowest BCUT2D eigenvalue weighted by molar-refractivity contribution is 0.171. The molecule has 0 aromatic rings. The summed E-state index contributed by atoms with van der Waals surface area (Å²) in [7, 11) is 0. The largest absolute Gasteiger partial charge is 0.392 e. The Hall–Kier alpha value is -0.500. The van der Waals surface area contributed by atoms with Crippen molar-refractivity contribution < 1.29 is 4.84 Å². The second kappa shape index (κ2) is 6.03. The van der Waals surface area contributed by atoms with Gasteiger partial charge >= 0.3 is 0 Å². The Morgan fingerprint density at radius 1 is 1.62 bits per heavy atom. The zero-order valence-corrected chi connectivity index (χ0v) is 8.76. The highest BCUT2D eigenvalue weighted by atomic mass is 35.5. The molecule has 1 rings (SSSR count). The fourth-order valence-electron chi connectivity index (χ4n) is 1.50. The van der Waals surface area contributed by atoms with E-state index in [1.807, 2.05) is 0 Å². The number of hydrogen-bond acceptors (Lipinski definition) is 2. The summed E-state index contributed by atoms with van der Waals surface area (Å²) in [6.45, 7) is 2.68. The number of hydrogen-bond donors (Lipinski definition) is 0. The van der Waals surface area contributed by atoms with E-state index < -0.39 is 0 Å². The lowest BCUT2D eigenvalue weighted by Crippen LogP contribution is -2.16. The van der Waals surface area contributed by atoms with Crippen LogP contribution in [0.4, 0.5) is 0 Å². The van der Waals surface area contributed by atoms with Crippen molar-refractivity contribution in [3.63, 3.8) is 0 Å². The average Bonchev–Trinajstić information content (AvgIpc) is 2.15. The monoisotopic (exact) mass is 201 g/mol. The van der Waals surface area contributed by atoms with Crippen molar-refractivity contribution in [2.24, 2.45) is 11.1 Å². The molecule has 74 valence electrons. The van der Waals surface area contributed by atoms with E-state index in [-0.39, 0.29) is 0 Å². The van der Waals surface area contributed by atoms with Crippen LogP contribution in [0.15, 0.2) is 16.8 Å². The molecule has 0 amide bonds. The molecule has 13 heavy (non-hydrogen) atoms. The fraction of sp³-hybridized carbons (Fsp3) is 0.700. The van der Waals surface area contributed by atoms with Crippen LogP contribution in [0.3, 0.4) is 0 Å². The van der Waals surface area contributed by atoms with Gasteiger partial charge in [0.15, 0.2) is 0 Å². The minimum Gasteiger partial charge on any atom is -0.392 e. The molecular formula is C10H16ClNO. The standard InChI is InChI=1S/C10H16ClNO/c1-9-5-2-3-6-10(9)12-13-8-4-7-11/h4,7,9H,2-3,5-6,8H2,1H3/b7-4+,12-10+. The predicted molar refractivity (Wildman–Crippen MR) is 56.0 cm³/mol. The molecule has 1 atom stereocenters. The third-order valence-electron chi connectivity index (χ3n) is 2.33. The highest BCUT2D eigenvalue weighted by Crippen LogP contribution is 2.21. The lowest BCUT2D eigenvalue weighted by atomic mass is 9.89. The maximum Gasteiger partial charge on any atom is 0.136 e. The highest BCUT2D eigenvalue weighted by Gasteiger charge is 2.15. The molecule has 0 saturated heterocycles. The normalized spacial score (nSPS) is 26.9. The first-order chi connectivity index (χ1) is 6.34. The summed E-state index contributed by atoms with van der Waals surface area (Å²) in [4.78, 5) is 5.10. The number of rotatable bonds is 3. The van der Waals surface area contributed by atoms with E-state index in [2.05, 4.69) is 12.1 Å². The van der Waals surface area contributed by atoms with Gasteiger partial charge in [0.05, 0.1) is 5.71 Å². The first-order valence-electron chi connectivity index (χ1n) is 4.78. The third kappa shape index (κ3) is 3.81. The van der Waals surface area contributed by atoms with Gasteiger partial charge in [0.2, 0.25) is 0 Å². The smallest absolute Gasteiger partial charge is 0.136 e. The van der Waals surface area contributed by atoms with Crippen LogP contribution >= 0.6 is 11.6 Å². The van der Waals surface area contributed by atoms with Gasteiger partial charge in [-0.25, -0.2) is 0 Å². The molecule has 1 unspecified atom stereocenters. The van der Waals surface area contributed by atoms with E-state index in [1.54, 1.807) is 6.08 Å². The van der Waals surface area contributed by atoms with Crippen LogP contribution in [0.5, 0.6) is 0 Å². The Morgan fingerprint density at radius 3 is 3.15 bits per heavy atom. The minimum absolute atomic E-state index is 0.472. The van der Waals surface area contributed by atoms with Crippen LogP contribution in [-0.4, -0.2) is 12.3 Å². The van der Waals surface area contributed by atoms with Crippen LogP contribution in [0.1, 0.15) is 32.6 Å². The molecule has 3 heteroatoms. The Morgan fingerprint density at radius 2 is 2.46 bits per heavy atom. The molecule has 0 aromatic heterocycles. The Kier molecular flexibility index (Phi) is 4.91. The van der Waals surface area contributed by atoms with Gasteiger partial charge in [0, 0.05) is 5.54 Å². The molecule has 0 N–H and O–H groups in total. The molecule has 0 aromatic carbocycles. The summed E-state index contributed by atoms with van der Waals surface area (Å²) in [5.41, 5.74) is 2.65. The van der Waals surface area contributed by atoms with Crippen molar-refractivity contribution in [2.75, 3.05) is 6.61 Å². The Labute approximate surface area is 84.6 Å². The average molecular weight is 202 g/mol. The maximum absolute atomic E-state index is 5.34. The topological polar surface area (TPSA) is 21.6 Å². The molecule has 1 fully saturated rings. The summed E-state index contributed by atoms with van der Waals surface area (Å²) < 4.78 is 0. The third-order valence-corrected chi connectivity index (χ3v) is 2.51. The molecule has 0 radical (unpaired) electrons. The van der Waals surface area contributed by atoms with Crippen molar-refractivity contribution in [3.05, 3.63) is 11.6 Å². The van der Waals surface area contributed by atoms with E-state index in [0.717, 1.165) is 6.42 Å². The van der Waals surface area contributed by atoms with E-state index >= 15 is 0 Å².